The molecule has 0 bridgehead atoms. The van der Waals surface area contributed by atoms with Crippen molar-refractivity contribution >= 4 is 5.91 Å². The van der Waals surface area contributed by atoms with Crippen molar-refractivity contribution in [2.75, 3.05) is 14.2 Å². The van der Waals surface area contributed by atoms with Crippen LogP contribution in [-0.2, 0) is 4.84 Å². The van der Waals surface area contributed by atoms with Crippen molar-refractivity contribution in [3.8, 4) is 0 Å². The van der Waals surface area contributed by atoms with Gasteiger partial charge < -0.3 is 0 Å². The molecular weight excluding hydrogens is 211 g/mol. The molecule has 0 aromatic heterocycles. The van der Waals surface area contributed by atoms with E-state index in [4.69, 9.17) is 0 Å². The zero-order chi connectivity index (χ0) is 11.6. The molecule has 3 nitrogen and oxygen atoms in total. The van der Waals surface area contributed by atoms with Gasteiger partial charge in [-0.15, -0.1) is 0 Å². The van der Waals surface area contributed by atoms with E-state index in [2.05, 4.69) is 4.84 Å². The number of nitrogens with zero attached hydrogens (tertiary/aromatic N) is 1. The van der Waals surface area contributed by atoms with Gasteiger partial charge in [-0.2, -0.15) is 0 Å². The summed E-state index contributed by atoms with van der Waals surface area (Å²) in [6.45, 7) is 0. The van der Waals surface area contributed by atoms with Crippen molar-refractivity contribution in [2.45, 2.75) is 0 Å². The van der Waals surface area contributed by atoms with Crippen molar-refractivity contribution in [3.63, 3.8) is 0 Å². The molecule has 0 unspecified atom stereocenters. The Morgan fingerprint density at radius 2 is 1.73 bits per heavy atom. The summed E-state index contributed by atoms with van der Waals surface area (Å²) in [5.74, 6) is -4.63. The molecule has 0 spiro atoms. The maximum Gasteiger partial charge on any atom is 0.283 e. The average Bonchev–Trinajstić information content (AvgIpc) is 2.14. The largest absolute Gasteiger partial charge is 0.283 e. The number of benzene rings is 1. The van der Waals surface area contributed by atoms with Crippen LogP contribution in [0.3, 0.4) is 0 Å². The predicted octanol–water partition coefficient (Wildman–Crippen LogP) is 1.74. The molecule has 0 atom stereocenters. The molecule has 15 heavy (non-hydrogen) atoms. The molecule has 0 N–H and O–H groups in total. The third-order valence-corrected chi connectivity index (χ3v) is 1.78. The van der Waals surface area contributed by atoms with Crippen molar-refractivity contribution in [1.29, 1.82) is 0 Å². The molecule has 0 aliphatic heterocycles. The van der Waals surface area contributed by atoms with Crippen LogP contribution in [0.25, 0.3) is 0 Å². The Kier molecular flexibility index (Phi) is 3.31. The third-order valence-electron chi connectivity index (χ3n) is 1.78. The number of rotatable bonds is 2. The first-order valence-corrected chi connectivity index (χ1v) is 3.94. The van der Waals surface area contributed by atoms with E-state index in [0.717, 1.165) is 7.11 Å². The van der Waals surface area contributed by atoms with Gasteiger partial charge in [0.2, 0.25) is 0 Å². The topological polar surface area (TPSA) is 29.5 Å². The molecule has 1 amide bonds. The molecule has 0 saturated heterocycles. The van der Waals surface area contributed by atoms with E-state index >= 15 is 0 Å². The zero-order valence-electron chi connectivity index (χ0n) is 8.05. The summed E-state index contributed by atoms with van der Waals surface area (Å²) < 4.78 is 38.7. The van der Waals surface area contributed by atoms with E-state index in [0.29, 0.717) is 17.2 Å². The van der Waals surface area contributed by atoms with E-state index < -0.39 is 28.9 Å². The van der Waals surface area contributed by atoms with Crippen LogP contribution in [0, 0.1) is 17.5 Å². The number of amides is 1. The number of hydrogen-bond acceptors (Lipinski definition) is 2. The number of carbonyl (C=O) groups is 1. The smallest absolute Gasteiger partial charge is 0.274 e. The second-order valence-corrected chi connectivity index (χ2v) is 2.73. The fraction of sp³-hybridized carbons (Fsp3) is 0.222. The summed E-state index contributed by atoms with van der Waals surface area (Å²) >= 11 is 0. The van der Waals surface area contributed by atoms with Crippen LogP contribution < -0.4 is 0 Å². The minimum Gasteiger partial charge on any atom is -0.274 e. The highest BCUT2D eigenvalue weighted by Crippen LogP contribution is 2.16. The fourth-order valence-corrected chi connectivity index (χ4v) is 0.987. The zero-order valence-corrected chi connectivity index (χ0v) is 8.05. The molecule has 0 saturated carbocycles. The second kappa shape index (κ2) is 4.31. The van der Waals surface area contributed by atoms with Gasteiger partial charge in [0, 0.05) is 19.2 Å². The number of carbonyl (C=O) groups excluding carboxylic acids is 1. The van der Waals surface area contributed by atoms with Gasteiger partial charge in [-0.1, -0.05) is 0 Å². The summed E-state index contributed by atoms with van der Waals surface area (Å²) in [5, 5.41) is 0.638. The highest BCUT2D eigenvalue weighted by atomic mass is 19.1. The Morgan fingerprint density at radius 1 is 1.27 bits per heavy atom. The molecule has 0 aliphatic rings. The highest BCUT2D eigenvalue weighted by molar-refractivity contribution is 5.93. The lowest BCUT2D eigenvalue weighted by Crippen LogP contribution is -2.27. The first kappa shape index (κ1) is 11.5. The van der Waals surface area contributed by atoms with Crippen LogP contribution in [0.5, 0.6) is 0 Å². The minimum absolute atomic E-state index is 0.430. The van der Waals surface area contributed by atoms with Gasteiger partial charge in [0.15, 0.2) is 0 Å². The van der Waals surface area contributed by atoms with E-state index in [1.165, 1.54) is 7.05 Å². The molecule has 0 heterocycles. The van der Waals surface area contributed by atoms with Crippen molar-refractivity contribution in [2.24, 2.45) is 0 Å². The standard InChI is InChI=1S/C9H8F3NO2/c1-13(15-2)9(14)8-6(11)3-5(10)4-7(8)12/h3-4H,1-2H3. The van der Waals surface area contributed by atoms with Crippen molar-refractivity contribution in [1.82, 2.24) is 5.06 Å². The lowest BCUT2D eigenvalue weighted by Gasteiger charge is -2.14. The summed E-state index contributed by atoms with van der Waals surface area (Å²) in [7, 11) is 2.35. The van der Waals surface area contributed by atoms with E-state index in [-0.39, 0.29) is 0 Å². The van der Waals surface area contributed by atoms with Gasteiger partial charge in [0.25, 0.3) is 5.91 Å². The lowest BCUT2D eigenvalue weighted by atomic mass is 10.2. The Morgan fingerprint density at radius 3 is 2.13 bits per heavy atom. The normalized spacial score (nSPS) is 10.2. The van der Waals surface area contributed by atoms with E-state index in [1.807, 2.05) is 0 Å². The molecule has 0 fully saturated rings. The van der Waals surface area contributed by atoms with Crippen LogP contribution in [0.15, 0.2) is 12.1 Å². The molecular formula is C9H8F3NO2. The average molecular weight is 219 g/mol. The monoisotopic (exact) mass is 219 g/mol. The van der Waals surface area contributed by atoms with Crippen molar-refractivity contribution < 1.29 is 22.8 Å². The lowest BCUT2D eigenvalue weighted by molar-refractivity contribution is -0.0762. The molecule has 0 aliphatic carbocycles. The summed E-state index contributed by atoms with van der Waals surface area (Å²) in [6.07, 6.45) is 0. The van der Waals surface area contributed by atoms with Crippen LogP contribution in [0.4, 0.5) is 13.2 Å². The molecule has 0 radical (unpaired) electrons. The van der Waals surface area contributed by atoms with Crippen LogP contribution in [-0.4, -0.2) is 25.1 Å². The number of hydroxylamine groups is 2. The van der Waals surface area contributed by atoms with Gasteiger partial charge >= 0.3 is 0 Å². The van der Waals surface area contributed by atoms with E-state index in [1.54, 1.807) is 0 Å². The second-order valence-electron chi connectivity index (χ2n) is 2.73. The molecule has 82 valence electrons. The highest BCUT2D eigenvalue weighted by Gasteiger charge is 2.22. The SMILES string of the molecule is CON(C)C(=O)c1c(F)cc(F)cc1F. The van der Waals surface area contributed by atoms with Gasteiger partial charge in [0.05, 0.1) is 7.11 Å². The first-order valence-electron chi connectivity index (χ1n) is 3.94. The number of hydrogen-bond donors (Lipinski definition) is 0. The van der Waals surface area contributed by atoms with Crippen LogP contribution >= 0.6 is 0 Å². The summed E-state index contributed by atoms with van der Waals surface area (Å²) in [4.78, 5) is 15.8. The Hall–Kier alpha value is -1.56. The van der Waals surface area contributed by atoms with E-state index in [9.17, 15) is 18.0 Å². The maximum absolute atomic E-state index is 13.1. The summed E-state index contributed by atoms with van der Waals surface area (Å²) in [6, 6.07) is 0.861. The maximum atomic E-state index is 13.1. The fourth-order valence-electron chi connectivity index (χ4n) is 0.987. The van der Waals surface area contributed by atoms with Gasteiger partial charge in [-0.3, -0.25) is 9.63 Å². The molecule has 1 aromatic rings. The van der Waals surface area contributed by atoms with Gasteiger partial charge in [-0.05, 0) is 0 Å². The summed E-state index contributed by atoms with van der Waals surface area (Å²) in [5.41, 5.74) is -0.847. The molecule has 6 heteroatoms. The quantitative estimate of drug-likeness (QED) is 0.709. The molecule has 1 aromatic carbocycles. The third kappa shape index (κ3) is 2.27. The first-order chi connectivity index (χ1) is 6.97. The van der Waals surface area contributed by atoms with Gasteiger partial charge in [0.1, 0.15) is 23.0 Å². The van der Waals surface area contributed by atoms with Crippen LogP contribution in [0.2, 0.25) is 0 Å². The Labute approximate surface area is 84.0 Å². The Bertz CT molecular complexity index is 372. The van der Waals surface area contributed by atoms with Crippen LogP contribution in [0.1, 0.15) is 10.4 Å². The molecule has 1 rings (SSSR count). The van der Waals surface area contributed by atoms with Crippen molar-refractivity contribution in [3.05, 3.63) is 35.1 Å². The van der Waals surface area contributed by atoms with Gasteiger partial charge in [-0.25, -0.2) is 18.2 Å². The predicted molar refractivity (Wildman–Crippen MR) is 45.4 cm³/mol. The minimum atomic E-state index is -1.26. The Balaban J connectivity index is 3.20. The number of halogens is 3.